The second kappa shape index (κ2) is 6.58. The molecule has 1 aliphatic rings. The molecule has 1 amide bonds. The first kappa shape index (κ1) is 16.2. The first-order valence-electron chi connectivity index (χ1n) is 7.95. The van der Waals surface area contributed by atoms with E-state index in [-0.39, 0.29) is 5.91 Å². The van der Waals surface area contributed by atoms with Crippen molar-refractivity contribution in [3.63, 3.8) is 0 Å². The van der Waals surface area contributed by atoms with E-state index in [2.05, 4.69) is 5.32 Å². The van der Waals surface area contributed by atoms with Crippen LogP contribution in [0.1, 0.15) is 27.2 Å². The fourth-order valence-electron chi connectivity index (χ4n) is 2.83. The highest BCUT2D eigenvalue weighted by molar-refractivity contribution is 7.98. The van der Waals surface area contributed by atoms with E-state index in [9.17, 15) is 4.79 Å². The molecule has 0 saturated carbocycles. The maximum atomic E-state index is 12.7. The van der Waals surface area contributed by atoms with Gasteiger partial charge < -0.3 is 5.32 Å². The van der Waals surface area contributed by atoms with E-state index < -0.39 is 0 Å². The smallest absolute Gasteiger partial charge is 0.258 e. The van der Waals surface area contributed by atoms with E-state index in [0.29, 0.717) is 10.6 Å². The Balaban J connectivity index is 1.75. The highest BCUT2D eigenvalue weighted by atomic mass is 35.5. The molecule has 0 atom stereocenters. The Morgan fingerprint density at radius 3 is 2.68 bits per heavy atom. The number of aryl methyl sites for hydroxylation is 1. The van der Waals surface area contributed by atoms with Crippen molar-refractivity contribution >= 4 is 35.1 Å². The van der Waals surface area contributed by atoms with Crippen LogP contribution in [0.2, 0.25) is 5.02 Å². The highest BCUT2D eigenvalue weighted by Gasteiger charge is 2.25. The van der Waals surface area contributed by atoms with Crippen molar-refractivity contribution in [2.24, 2.45) is 0 Å². The minimum atomic E-state index is -0.224. The fourth-order valence-corrected chi connectivity index (χ4v) is 4.09. The number of aromatic nitrogens is 2. The molecule has 0 saturated heterocycles. The van der Waals surface area contributed by atoms with Gasteiger partial charge in [-0.05, 0) is 31.2 Å². The summed E-state index contributed by atoms with van der Waals surface area (Å²) in [5.74, 6) is 2.22. The number of benzene rings is 2. The van der Waals surface area contributed by atoms with E-state index in [1.807, 2.05) is 41.9 Å². The zero-order valence-corrected chi connectivity index (χ0v) is 15.2. The number of halogens is 1. The molecule has 0 fully saturated rings. The number of amides is 1. The molecular weight excluding hydrogens is 354 g/mol. The number of hydrogen-bond donors (Lipinski definition) is 1. The van der Waals surface area contributed by atoms with Crippen molar-refractivity contribution in [3.8, 4) is 5.69 Å². The van der Waals surface area contributed by atoms with Gasteiger partial charge in [0.15, 0.2) is 0 Å². The van der Waals surface area contributed by atoms with Gasteiger partial charge >= 0.3 is 0 Å². The minimum absolute atomic E-state index is 0.224. The van der Waals surface area contributed by atoms with Crippen LogP contribution in [0.3, 0.4) is 0 Å². The van der Waals surface area contributed by atoms with Gasteiger partial charge in [-0.25, -0.2) is 4.68 Å². The van der Waals surface area contributed by atoms with Crippen LogP contribution in [-0.2, 0) is 11.5 Å². The second-order valence-corrected chi connectivity index (χ2v) is 7.34. The number of hydrogen-bond acceptors (Lipinski definition) is 3. The first-order valence-corrected chi connectivity index (χ1v) is 9.48. The molecule has 0 radical (unpaired) electrons. The first-order chi connectivity index (χ1) is 12.1. The van der Waals surface area contributed by atoms with Crippen LogP contribution in [0.5, 0.6) is 0 Å². The summed E-state index contributed by atoms with van der Waals surface area (Å²) in [6.07, 6.45) is 0. The number of fused-ring (bicyclic) bond motifs is 1. The Bertz CT molecular complexity index is 950. The van der Waals surface area contributed by atoms with Gasteiger partial charge in [0, 0.05) is 17.1 Å². The molecule has 3 aromatic rings. The summed E-state index contributed by atoms with van der Waals surface area (Å²) in [6.45, 7) is 2.05. The lowest BCUT2D eigenvalue weighted by atomic mass is 10.2. The van der Waals surface area contributed by atoms with Crippen LogP contribution in [-0.4, -0.2) is 15.7 Å². The Morgan fingerprint density at radius 2 is 1.92 bits per heavy atom. The van der Waals surface area contributed by atoms with E-state index in [4.69, 9.17) is 16.7 Å². The van der Waals surface area contributed by atoms with E-state index in [1.165, 1.54) is 5.56 Å². The zero-order chi connectivity index (χ0) is 17.4. The lowest BCUT2D eigenvalue weighted by Gasteiger charge is -2.12. The lowest BCUT2D eigenvalue weighted by molar-refractivity contribution is 0.102. The zero-order valence-electron chi connectivity index (χ0n) is 13.6. The second-order valence-electron chi connectivity index (χ2n) is 5.95. The van der Waals surface area contributed by atoms with Crippen LogP contribution in [0, 0.1) is 6.92 Å². The molecule has 0 bridgehead atoms. The van der Waals surface area contributed by atoms with Crippen molar-refractivity contribution in [1.82, 2.24) is 9.78 Å². The molecule has 126 valence electrons. The van der Waals surface area contributed by atoms with Crippen molar-refractivity contribution in [1.29, 1.82) is 0 Å². The van der Waals surface area contributed by atoms with Crippen LogP contribution in [0.15, 0.2) is 48.5 Å². The maximum Gasteiger partial charge on any atom is 0.258 e. The summed E-state index contributed by atoms with van der Waals surface area (Å²) < 4.78 is 1.82. The van der Waals surface area contributed by atoms with Gasteiger partial charge in [-0.2, -0.15) is 16.9 Å². The third-order valence-electron chi connectivity index (χ3n) is 4.18. The van der Waals surface area contributed by atoms with Gasteiger partial charge in [-0.3, -0.25) is 4.79 Å². The molecule has 1 aliphatic heterocycles. The third kappa shape index (κ3) is 3.05. The highest BCUT2D eigenvalue weighted by Crippen LogP contribution is 2.36. The van der Waals surface area contributed by atoms with Gasteiger partial charge in [0.2, 0.25) is 0 Å². The van der Waals surface area contributed by atoms with Crippen molar-refractivity contribution in [2.75, 3.05) is 5.32 Å². The van der Waals surface area contributed by atoms with E-state index in [1.54, 1.807) is 30.0 Å². The molecule has 0 spiro atoms. The number of carbonyl (C=O) groups is 1. The summed E-state index contributed by atoms with van der Waals surface area (Å²) in [7, 11) is 0. The van der Waals surface area contributed by atoms with Crippen LogP contribution >= 0.6 is 23.4 Å². The van der Waals surface area contributed by atoms with E-state index in [0.717, 1.165) is 34.3 Å². The number of nitrogens with zero attached hydrogens (tertiary/aromatic N) is 2. The van der Waals surface area contributed by atoms with Gasteiger partial charge in [0.05, 0.1) is 22.0 Å². The topological polar surface area (TPSA) is 46.9 Å². The SMILES string of the molecule is Cc1ccc(-n2nc3c(c2NC(=O)c2ccccc2Cl)CSC3)cc1. The molecule has 1 aromatic heterocycles. The van der Waals surface area contributed by atoms with E-state index >= 15 is 0 Å². The summed E-state index contributed by atoms with van der Waals surface area (Å²) in [6, 6.07) is 15.1. The number of nitrogens with one attached hydrogen (secondary N) is 1. The summed E-state index contributed by atoms with van der Waals surface area (Å²) in [5, 5.41) is 8.17. The predicted octanol–water partition coefficient (Wildman–Crippen LogP) is 4.83. The molecule has 4 nitrogen and oxygen atoms in total. The Kier molecular flexibility index (Phi) is 4.27. The summed E-state index contributed by atoms with van der Waals surface area (Å²) in [5.41, 5.74) is 4.69. The van der Waals surface area contributed by atoms with Crippen LogP contribution in [0.25, 0.3) is 5.69 Å². The molecular formula is C19H16ClN3OS. The maximum absolute atomic E-state index is 12.7. The Morgan fingerprint density at radius 1 is 1.16 bits per heavy atom. The standard InChI is InChI=1S/C19H16ClN3OS/c1-12-6-8-13(9-7-12)23-18(15-10-25-11-17(15)22-23)21-19(24)14-4-2-3-5-16(14)20/h2-9H,10-11H2,1H3,(H,21,24). The van der Waals surface area contributed by atoms with Gasteiger partial charge in [-0.1, -0.05) is 41.4 Å². The molecule has 0 aliphatic carbocycles. The largest absolute Gasteiger partial charge is 0.306 e. The third-order valence-corrected chi connectivity index (χ3v) is 5.48. The van der Waals surface area contributed by atoms with Crippen molar-refractivity contribution in [3.05, 3.63) is 75.9 Å². The summed E-state index contributed by atoms with van der Waals surface area (Å²) in [4.78, 5) is 12.7. The average Bonchev–Trinajstić information content (AvgIpc) is 3.19. The molecule has 2 aromatic carbocycles. The van der Waals surface area contributed by atoms with Gasteiger partial charge in [0.25, 0.3) is 5.91 Å². The molecule has 4 rings (SSSR count). The molecule has 2 heterocycles. The van der Waals surface area contributed by atoms with Crippen LogP contribution < -0.4 is 5.32 Å². The fraction of sp³-hybridized carbons (Fsp3) is 0.158. The number of rotatable bonds is 3. The van der Waals surface area contributed by atoms with Gasteiger partial charge in [-0.15, -0.1) is 0 Å². The quantitative estimate of drug-likeness (QED) is 0.719. The van der Waals surface area contributed by atoms with Crippen LogP contribution in [0.4, 0.5) is 5.82 Å². The van der Waals surface area contributed by atoms with Gasteiger partial charge in [0.1, 0.15) is 5.82 Å². The molecule has 1 N–H and O–H groups in total. The number of anilines is 1. The van der Waals surface area contributed by atoms with Crippen molar-refractivity contribution in [2.45, 2.75) is 18.4 Å². The minimum Gasteiger partial charge on any atom is -0.306 e. The Hall–Kier alpha value is -2.24. The molecule has 6 heteroatoms. The Labute approximate surface area is 155 Å². The number of thioether (sulfide) groups is 1. The normalized spacial score (nSPS) is 12.9. The predicted molar refractivity (Wildman–Crippen MR) is 103 cm³/mol. The monoisotopic (exact) mass is 369 g/mol. The lowest BCUT2D eigenvalue weighted by Crippen LogP contribution is -2.16. The summed E-state index contributed by atoms with van der Waals surface area (Å²) >= 11 is 7.97. The number of carbonyl (C=O) groups excluding carboxylic acids is 1. The molecule has 0 unspecified atom stereocenters. The average molecular weight is 370 g/mol. The molecule has 25 heavy (non-hydrogen) atoms. The van der Waals surface area contributed by atoms with Crippen molar-refractivity contribution < 1.29 is 4.79 Å².